The monoisotopic (exact) mass is 558 g/mol. The number of halogens is 4. The maximum absolute atomic E-state index is 14.2. The van der Waals surface area contributed by atoms with Gasteiger partial charge in [-0.05, 0) is 48.2 Å². The van der Waals surface area contributed by atoms with E-state index in [0.29, 0.717) is 5.39 Å². The molecule has 1 unspecified atom stereocenters. The fourth-order valence-electron chi connectivity index (χ4n) is 3.60. The number of fused-ring (bicyclic) bond motifs is 1. The lowest BCUT2D eigenvalue weighted by atomic mass is 10.1. The molecule has 2 aromatic carbocycles. The first-order chi connectivity index (χ1) is 17.0. The molecule has 3 N–H and O–H groups in total. The number of anilines is 2. The van der Waals surface area contributed by atoms with Gasteiger partial charge in [0.05, 0.1) is 21.1 Å². The van der Waals surface area contributed by atoms with Crippen LogP contribution in [-0.4, -0.2) is 30.6 Å². The summed E-state index contributed by atoms with van der Waals surface area (Å²) in [5.74, 6) is -0.650. The summed E-state index contributed by atoms with van der Waals surface area (Å²) in [6, 6.07) is 6.20. The van der Waals surface area contributed by atoms with Crippen molar-refractivity contribution in [2.75, 3.05) is 17.7 Å². The first kappa shape index (κ1) is 25.9. The van der Waals surface area contributed by atoms with Crippen LogP contribution in [0.1, 0.15) is 18.4 Å². The summed E-state index contributed by atoms with van der Waals surface area (Å²) in [7, 11) is -2.60. The highest BCUT2D eigenvalue weighted by Gasteiger charge is 2.32. The molecule has 2 heterocycles. The molecule has 0 radical (unpaired) electrons. The zero-order chi connectivity index (χ0) is 26.2. The molecule has 0 aliphatic carbocycles. The first-order valence-corrected chi connectivity index (χ1v) is 13.1. The number of carbonyl (C=O) groups is 1. The second kappa shape index (κ2) is 10.1. The largest absolute Gasteiger partial charge is 0.386 e. The van der Waals surface area contributed by atoms with E-state index in [1.165, 1.54) is 37.5 Å². The first-order valence-electron chi connectivity index (χ1n) is 10.3. The Bertz CT molecular complexity index is 1560. The van der Waals surface area contributed by atoms with Crippen LogP contribution >= 0.6 is 23.4 Å². The van der Waals surface area contributed by atoms with E-state index in [4.69, 9.17) is 11.6 Å². The van der Waals surface area contributed by atoms with Crippen LogP contribution in [0.15, 0.2) is 57.8 Å². The molecule has 0 bridgehead atoms. The summed E-state index contributed by atoms with van der Waals surface area (Å²) in [5, 5.41) is 5.27. The lowest BCUT2D eigenvalue weighted by molar-refractivity contribution is 0.152. The van der Waals surface area contributed by atoms with Crippen molar-refractivity contribution in [2.24, 2.45) is 0 Å². The molecule has 1 aromatic heterocycles. The number of rotatable bonds is 6. The van der Waals surface area contributed by atoms with Crippen LogP contribution < -0.4 is 20.9 Å². The van der Waals surface area contributed by atoms with Crippen molar-refractivity contribution < 1.29 is 26.4 Å². The zero-order valence-electron chi connectivity index (χ0n) is 18.4. The van der Waals surface area contributed by atoms with Crippen LogP contribution in [0.2, 0.25) is 0 Å². The van der Waals surface area contributed by atoms with Crippen molar-refractivity contribution in [1.82, 2.24) is 9.29 Å². The molecule has 8 nitrogen and oxygen atoms in total. The molecular formula is C22H18ClF3N4O4S2. The third-order valence-electron chi connectivity index (χ3n) is 5.35. The summed E-state index contributed by atoms with van der Waals surface area (Å²) < 4.78 is 68.7. The van der Waals surface area contributed by atoms with Gasteiger partial charge in [0.25, 0.3) is 12.0 Å². The summed E-state index contributed by atoms with van der Waals surface area (Å²) >= 11 is 6.62. The minimum Gasteiger partial charge on any atom is -0.386 e. The average molecular weight is 559 g/mol. The van der Waals surface area contributed by atoms with Crippen LogP contribution in [-0.2, 0) is 10.0 Å². The minimum absolute atomic E-state index is 0.0388. The number of amides is 2. The topological polar surface area (TPSA) is 109 Å². The van der Waals surface area contributed by atoms with Gasteiger partial charge in [0, 0.05) is 24.5 Å². The number of carbonyl (C=O) groups excluding carboxylic acids is 1. The Hall–Kier alpha value is -3.16. The highest BCUT2D eigenvalue weighted by molar-refractivity contribution is 8.16. The molecule has 36 heavy (non-hydrogen) atoms. The molecule has 0 saturated heterocycles. The number of allylic oxidation sites excluding steroid dienone is 1. The van der Waals surface area contributed by atoms with Gasteiger partial charge < -0.3 is 10.6 Å². The Kier molecular flexibility index (Phi) is 7.25. The number of aromatic nitrogens is 1. The number of alkyl halides is 2. The van der Waals surface area contributed by atoms with E-state index in [1.54, 1.807) is 4.72 Å². The number of sulfonamides is 1. The van der Waals surface area contributed by atoms with E-state index in [1.807, 2.05) is 0 Å². The van der Waals surface area contributed by atoms with Crippen molar-refractivity contribution in [3.8, 4) is 5.69 Å². The lowest BCUT2D eigenvalue weighted by Gasteiger charge is -2.16. The predicted molar refractivity (Wildman–Crippen MR) is 135 cm³/mol. The molecule has 4 rings (SSSR count). The van der Waals surface area contributed by atoms with Crippen molar-refractivity contribution in [1.29, 1.82) is 0 Å². The van der Waals surface area contributed by atoms with Gasteiger partial charge in [-0.1, -0.05) is 29.4 Å². The van der Waals surface area contributed by atoms with Gasteiger partial charge in [-0.3, -0.25) is 9.36 Å². The van der Waals surface area contributed by atoms with E-state index < -0.39 is 44.0 Å². The average Bonchev–Trinajstić information content (AvgIpc) is 3.26. The normalized spacial score (nSPS) is 15.7. The Morgan fingerprint density at radius 2 is 1.94 bits per heavy atom. The van der Waals surface area contributed by atoms with Gasteiger partial charge in [0.15, 0.2) is 0 Å². The molecule has 1 aliphatic heterocycles. The maximum Gasteiger partial charge on any atom is 0.332 e. The molecule has 1 atom stereocenters. The van der Waals surface area contributed by atoms with Crippen LogP contribution in [0.4, 0.5) is 29.3 Å². The minimum atomic E-state index is -4.14. The predicted octanol–water partition coefficient (Wildman–Crippen LogP) is 5.10. The second-order valence-electron chi connectivity index (χ2n) is 7.62. The van der Waals surface area contributed by atoms with Gasteiger partial charge in [-0.2, -0.15) is 0 Å². The zero-order valence-corrected chi connectivity index (χ0v) is 20.8. The van der Waals surface area contributed by atoms with E-state index in [-0.39, 0.29) is 33.2 Å². The third kappa shape index (κ3) is 5.18. The number of hydrogen-bond donors (Lipinski definition) is 3. The molecule has 1 aliphatic rings. The number of urea groups is 1. The summed E-state index contributed by atoms with van der Waals surface area (Å²) in [4.78, 5) is 25.2. The number of thioether (sulfide) groups is 1. The number of hydrogen-bond acceptors (Lipinski definition) is 6. The Morgan fingerprint density at radius 3 is 2.58 bits per heavy atom. The fourth-order valence-corrected chi connectivity index (χ4v) is 6.56. The lowest BCUT2D eigenvalue weighted by Crippen LogP contribution is -2.39. The van der Waals surface area contributed by atoms with Crippen molar-refractivity contribution in [3.05, 3.63) is 74.8 Å². The van der Waals surface area contributed by atoms with Crippen molar-refractivity contribution in [2.45, 2.75) is 17.4 Å². The van der Waals surface area contributed by atoms with E-state index >= 15 is 0 Å². The van der Waals surface area contributed by atoms with E-state index in [9.17, 15) is 31.2 Å². The van der Waals surface area contributed by atoms with Gasteiger partial charge in [0.2, 0.25) is 10.0 Å². The molecule has 3 aromatic rings. The molecular weight excluding hydrogens is 541 g/mol. The van der Waals surface area contributed by atoms with Crippen molar-refractivity contribution >= 4 is 61.6 Å². The van der Waals surface area contributed by atoms with Gasteiger partial charge in [-0.15, -0.1) is 0 Å². The van der Waals surface area contributed by atoms with Gasteiger partial charge in [0.1, 0.15) is 10.4 Å². The molecule has 14 heteroatoms. The Balaban J connectivity index is 1.63. The molecule has 0 fully saturated rings. The fraction of sp³-hybridized carbons (Fsp3) is 0.182. The van der Waals surface area contributed by atoms with Crippen LogP contribution in [0.3, 0.4) is 0 Å². The number of nitrogens with zero attached hydrogens (tertiary/aromatic N) is 1. The molecule has 2 amide bonds. The van der Waals surface area contributed by atoms with Crippen LogP contribution in [0.5, 0.6) is 0 Å². The summed E-state index contributed by atoms with van der Waals surface area (Å²) in [6.45, 7) is 0. The third-order valence-corrected chi connectivity index (χ3v) is 9.03. The van der Waals surface area contributed by atoms with Crippen LogP contribution in [0, 0.1) is 5.82 Å². The van der Waals surface area contributed by atoms with Crippen LogP contribution in [0.25, 0.3) is 16.5 Å². The Morgan fingerprint density at radius 1 is 1.19 bits per heavy atom. The highest BCUT2D eigenvalue weighted by atomic mass is 35.5. The van der Waals surface area contributed by atoms with Gasteiger partial charge in [-0.25, -0.2) is 31.1 Å². The second-order valence-corrected chi connectivity index (χ2v) is 11.7. The van der Waals surface area contributed by atoms with Crippen molar-refractivity contribution in [3.63, 3.8) is 0 Å². The number of nitrogens with one attached hydrogen (secondary N) is 3. The summed E-state index contributed by atoms with van der Waals surface area (Å²) in [5.41, 5.74) is -1.41. The number of pyridine rings is 1. The highest BCUT2D eigenvalue weighted by Crippen LogP contribution is 2.37. The van der Waals surface area contributed by atoms with E-state index in [0.717, 1.165) is 34.5 Å². The number of benzene rings is 2. The quantitative estimate of drug-likeness (QED) is 0.388. The summed E-state index contributed by atoms with van der Waals surface area (Å²) in [6.07, 6.45) is -0.136. The molecule has 0 spiro atoms. The SMILES string of the molecule is CNc1cc2ccn(-c3ccc(NC(=O)NS(=O)(=O)C4CC=C(Cl)S4)c(C(F)F)c3)c(=O)c2cc1F. The molecule has 0 saturated carbocycles. The smallest absolute Gasteiger partial charge is 0.332 e. The maximum atomic E-state index is 14.2. The van der Waals surface area contributed by atoms with E-state index in [2.05, 4.69) is 10.6 Å². The molecule has 190 valence electrons. The Labute approximate surface area is 212 Å². The van der Waals surface area contributed by atoms with Gasteiger partial charge >= 0.3 is 6.03 Å². The standard InChI is InChI=1S/C22H18ClF3N4O4S2/c1-27-17-8-11-6-7-30(21(31)13(11)10-15(17)24)12-2-3-16(14(9-12)20(25)26)28-22(32)29-36(33,34)19-5-4-18(23)35-19/h2-4,6-10,19-20,27H,5H2,1H3,(H2,28,29,32).